The van der Waals surface area contributed by atoms with E-state index in [0.29, 0.717) is 22.5 Å². The highest BCUT2D eigenvalue weighted by atomic mass is 35.5. The number of rotatable bonds is 3. The number of halogens is 1. The summed E-state index contributed by atoms with van der Waals surface area (Å²) in [6, 6.07) is 10.1. The number of amides is 1. The summed E-state index contributed by atoms with van der Waals surface area (Å²) in [6.07, 6.45) is 3.08. The van der Waals surface area contributed by atoms with E-state index < -0.39 is 11.5 Å². The quantitative estimate of drug-likeness (QED) is 0.595. The summed E-state index contributed by atoms with van der Waals surface area (Å²) in [5, 5.41) is 3.25. The van der Waals surface area contributed by atoms with Crippen molar-refractivity contribution in [2.45, 2.75) is 5.88 Å². The number of pyridine rings is 1. The molecule has 1 amide bonds. The van der Waals surface area contributed by atoms with Gasteiger partial charge in [-0.25, -0.2) is 4.79 Å². The Bertz CT molecular complexity index is 891. The van der Waals surface area contributed by atoms with Crippen LogP contribution < -0.4 is 10.9 Å². The summed E-state index contributed by atoms with van der Waals surface area (Å²) in [5.41, 5.74) is 1.04. The fraction of sp³-hybridized carbons (Fsp3) is 0.0625. The van der Waals surface area contributed by atoms with Crippen molar-refractivity contribution in [3.05, 3.63) is 70.3 Å². The lowest BCUT2D eigenvalue weighted by Crippen LogP contribution is -2.20. The molecule has 0 spiro atoms. The molecule has 0 unspecified atom stereocenters. The van der Waals surface area contributed by atoms with E-state index in [1.54, 1.807) is 36.5 Å². The molecule has 0 saturated heterocycles. The second-order valence-electron chi connectivity index (χ2n) is 4.65. The molecular formula is C16H11ClN2O3. The van der Waals surface area contributed by atoms with Crippen molar-refractivity contribution < 1.29 is 9.21 Å². The molecule has 0 aliphatic heterocycles. The van der Waals surface area contributed by atoms with Gasteiger partial charge in [-0.2, -0.15) is 0 Å². The SMILES string of the molecule is O=C(Nc1cccnc1)c1cc2cc(CCl)ccc2oc1=O. The molecule has 3 aromatic rings. The van der Waals surface area contributed by atoms with Crippen molar-refractivity contribution in [2.75, 3.05) is 5.32 Å². The minimum absolute atomic E-state index is 0.0666. The fourth-order valence-corrected chi connectivity index (χ4v) is 2.22. The Kier molecular flexibility index (Phi) is 3.89. The molecule has 22 heavy (non-hydrogen) atoms. The molecule has 0 bridgehead atoms. The maximum Gasteiger partial charge on any atom is 0.349 e. The number of nitrogens with zero attached hydrogens (tertiary/aromatic N) is 1. The molecule has 0 saturated carbocycles. The van der Waals surface area contributed by atoms with Crippen LogP contribution in [0.25, 0.3) is 11.0 Å². The molecule has 1 N–H and O–H groups in total. The second-order valence-corrected chi connectivity index (χ2v) is 4.92. The highest BCUT2D eigenvalue weighted by Crippen LogP contribution is 2.17. The Morgan fingerprint density at radius 3 is 2.86 bits per heavy atom. The minimum atomic E-state index is -0.687. The van der Waals surface area contributed by atoms with Gasteiger partial charge < -0.3 is 9.73 Å². The van der Waals surface area contributed by atoms with Crippen molar-refractivity contribution in [3.8, 4) is 0 Å². The Hall–Kier alpha value is -2.66. The summed E-state index contributed by atoms with van der Waals surface area (Å²) in [4.78, 5) is 28.1. The molecule has 0 aliphatic rings. The maximum absolute atomic E-state index is 12.2. The van der Waals surface area contributed by atoms with Crippen molar-refractivity contribution in [1.82, 2.24) is 4.98 Å². The topological polar surface area (TPSA) is 72.2 Å². The van der Waals surface area contributed by atoms with Gasteiger partial charge in [-0.05, 0) is 35.9 Å². The Morgan fingerprint density at radius 2 is 2.14 bits per heavy atom. The van der Waals surface area contributed by atoms with Crippen LogP contribution >= 0.6 is 11.6 Å². The number of hydrogen-bond donors (Lipinski definition) is 1. The van der Waals surface area contributed by atoms with Gasteiger partial charge in [0.25, 0.3) is 5.91 Å². The number of nitrogens with one attached hydrogen (secondary N) is 1. The lowest BCUT2D eigenvalue weighted by molar-refractivity contribution is 0.102. The molecule has 0 radical (unpaired) electrons. The van der Waals surface area contributed by atoms with Crippen LogP contribution in [0.15, 0.2) is 58.0 Å². The van der Waals surface area contributed by atoms with Crippen LogP contribution in [0.1, 0.15) is 15.9 Å². The molecule has 110 valence electrons. The zero-order valence-electron chi connectivity index (χ0n) is 11.4. The molecule has 0 aliphatic carbocycles. The van der Waals surface area contributed by atoms with Gasteiger partial charge in [0, 0.05) is 17.5 Å². The summed E-state index contributed by atoms with van der Waals surface area (Å²) < 4.78 is 5.18. The molecule has 2 heterocycles. The Morgan fingerprint density at radius 1 is 1.27 bits per heavy atom. The smallest absolute Gasteiger partial charge is 0.349 e. The van der Waals surface area contributed by atoms with Gasteiger partial charge in [0.2, 0.25) is 0 Å². The molecule has 2 aromatic heterocycles. The van der Waals surface area contributed by atoms with Gasteiger partial charge in [-0.3, -0.25) is 9.78 Å². The first-order valence-corrected chi connectivity index (χ1v) is 7.05. The van der Waals surface area contributed by atoms with Gasteiger partial charge >= 0.3 is 5.63 Å². The number of aromatic nitrogens is 1. The van der Waals surface area contributed by atoms with Crippen LogP contribution in [0.5, 0.6) is 0 Å². The van der Waals surface area contributed by atoms with E-state index in [1.807, 2.05) is 0 Å². The summed E-state index contributed by atoms with van der Waals surface area (Å²) >= 11 is 5.79. The molecular weight excluding hydrogens is 304 g/mol. The molecule has 3 rings (SSSR count). The van der Waals surface area contributed by atoms with Crippen LogP contribution in [-0.4, -0.2) is 10.9 Å². The van der Waals surface area contributed by atoms with Crippen molar-refractivity contribution in [2.24, 2.45) is 0 Å². The van der Waals surface area contributed by atoms with Gasteiger partial charge in [0.05, 0.1) is 11.9 Å². The maximum atomic E-state index is 12.2. The van der Waals surface area contributed by atoms with Crippen LogP contribution in [0.3, 0.4) is 0 Å². The zero-order valence-corrected chi connectivity index (χ0v) is 12.1. The number of hydrogen-bond acceptors (Lipinski definition) is 4. The molecule has 5 nitrogen and oxygen atoms in total. The summed E-state index contributed by atoms with van der Waals surface area (Å²) in [5.74, 6) is -0.202. The second kappa shape index (κ2) is 5.99. The molecule has 0 atom stereocenters. The van der Waals surface area contributed by atoms with E-state index in [4.69, 9.17) is 16.0 Å². The van der Waals surface area contributed by atoms with Crippen molar-refractivity contribution >= 4 is 34.2 Å². The zero-order chi connectivity index (χ0) is 15.5. The predicted molar refractivity (Wildman–Crippen MR) is 84.2 cm³/mol. The van der Waals surface area contributed by atoms with E-state index >= 15 is 0 Å². The summed E-state index contributed by atoms with van der Waals surface area (Å²) in [6.45, 7) is 0. The normalized spacial score (nSPS) is 10.6. The Labute approximate surface area is 130 Å². The lowest BCUT2D eigenvalue weighted by atomic mass is 10.1. The average molecular weight is 315 g/mol. The number of anilines is 1. The summed E-state index contributed by atoms with van der Waals surface area (Å²) in [7, 11) is 0. The third-order valence-corrected chi connectivity index (χ3v) is 3.42. The monoisotopic (exact) mass is 314 g/mol. The van der Waals surface area contributed by atoms with Crippen LogP contribution in [0, 0.1) is 0 Å². The average Bonchev–Trinajstić information content (AvgIpc) is 2.54. The Balaban J connectivity index is 2.00. The van der Waals surface area contributed by atoms with E-state index in [9.17, 15) is 9.59 Å². The van der Waals surface area contributed by atoms with Crippen molar-refractivity contribution in [1.29, 1.82) is 0 Å². The fourth-order valence-electron chi connectivity index (χ4n) is 2.05. The largest absolute Gasteiger partial charge is 0.422 e. The predicted octanol–water partition coefficient (Wildman–Crippen LogP) is 3.18. The standard InChI is InChI=1S/C16H11ClN2O3/c17-8-10-3-4-14-11(6-10)7-13(16(21)22-14)15(20)19-12-2-1-5-18-9-12/h1-7,9H,8H2,(H,19,20). The molecule has 1 aromatic carbocycles. The van der Waals surface area contributed by atoms with Crippen LogP contribution in [0.2, 0.25) is 0 Å². The van der Waals surface area contributed by atoms with Gasteiger partial charge in [-0.1, -0.05) is 6.07 Å². The van der Waals surface area contributed by atoms with E-state index in [1.165, 1.54) is 12.3 Å². The van der Waals surface area contributed by atoms with Crippen LogP contribution in [-0.2, 0) is 5.88 Å². The molecule has 6 heteroatoms. The van der Waals surface area contributed by atoms with E-state index in [-0.39, 0.29) is 5.56 Å². The number of carbonyl (C=O) groups is 1. The third-order valence-electron chi connectivity index (χ3n) is 3.11. The number of alkyl halides is 1. The third kappa shape index (κ3) is 2.84. The first kappa shape index (κ1) is 14.3. The first-order valence-electron chi connectivity index (χ1n) is 6.51. The molecule has 0 fully saturated rings. The highest BCUT2D eigenvalue weighted by Gasteiger charge is 2.14. The van der Waals surface area contributed by atoms with Crippen LogP contribution in [0.4, 0.5) is 5.69 Å². The highest BCUT2D eigenvalue weighted by molar-refractivity contribution is 6.17. The number of fused-ring (bicyclic) bond motifs is 1. The minimum Gasteiger partial charge on any atom is -0.422 e. The lowest BCUT2D eigenvalue weighted by Gasteiger charge is -2.05. The van der Waals surface area contributed by atoms with E-state index in [0.717, 1.165) is 5.56 Å². The number of benzene rings is 1. The van der Waals surface area contributed by atoms with E-state index in [2.05, 4.69) is 10.3 Å². The first-order chi connectivity index (χ1) is 10.7. The van der Waals surface area contributed by atoms with Gasteiger partial charge in [-0.15, -0.1) is 11.6 Å². The number of carbonyl (C=O) groups excluding carboxylic acids is 1. The van der Waals surface area contributed by atoms with Crippen molar-refractivity contribution in [3.63, 3.8) is 0 Å². The van der Waals surface area contributed by atoms with Gasteiger partial charge in [0.15, 0.2) is 0 Å². The van der Waals surface area contributed by atoms with Gasteiger partial charge in [0.1, 0.15) is 11.1 Å².